The number of rotatable bonds is 5. The first-order valence-corrected chi connectivity index (χ1v) is 11.9. The van der Waals surface area contributed by atoms with Crippen LogP contribution in [0.4, 0.5) is 0 Å². The minimum Gasteiger partial charge on any atom is -0.282 e. The van der Waals surface area contributed by atoms with E-state index in [0.29, 0.717) is 0 Å². The van der Waals surface area contributed by atoms with E-state index < -0.39 is 5.41 Å². The second kappa shape index (κ2) is 8.71. The Balaban J connectivity index is 1.64. The van der Waals surface area contributed by atoms with Crippen molar-refractivity contribution < 1.29 is 0 Å². The van der Waals surface area contributed by atoms with Gasteiger partial charge in [-0.15, -0.1) is 0 Å². The van der Waals surface area contributed by atoms with E-state index in [1.807, 2.05) is 12.3 Å². The number of pyridine rings is 2. The molecule has 0 saturated carbocycles. The largest absolute Gasteiger partial charge is 0.282 e. The molecule has 0 spiro atoms. The third kappa shape index (κ3) is 3.34. The maximum absolute atomic E-state index is 5.30. The van der Waals surface area contributed by atoms with Gasteiger partial charge in [0.15, 0.2) is 0 Å². The first-order valence-electron chi connectivity index (χ1n) is 11.9. The summed E-state index contributed by atoms with van der Waals surface area (Å²) < 4.78 is 0. The van der Waals surface area contributed by atoms with Gasteiger partial charge >= 0.3 is 0 Å². The summed E-state index contributed by atoms with van der Waals surface area (Å²) in [6, 6.07) is 33.6. The van der Waals surface area contributed by atoms with Crippen molar-refractivity contribution in [3.8, 4) is 11.4 Å². The molecule has 3 heterocycles. The molecule has 6 rings (SSSR count). The lowest BCUT2D eigenvalue weighted by Crippen LogP contribution is -2.33. The van der Waals surface area contributed by atoms with E-state index in [0.717, 1.165) is 46.7 Å². The van der Waals surface area contributed by atoms with E-state index >= 15 is 0 Å². The van der Waals surface area contributed by atoms with Crippen molar-refractivity contribution >= 4 is 0 Å². The lowest BCUT2D eigenvalue weighted by molar-refractivity contribution is 0.674. The average molecular weight is 443 g/mol. The van der Waals surface area contributed by atoms with Crippen molar-refractivity contribution in [1.29, 1.82) is 0 Å². The molecular weight excluding hydrogens is 416 g/mol. The Labute approximate surface area is 199 Å². The first kappa shape index (κ1) is 20.5. The molecule has 34 heavy (non-hydrogen) atoms. The number of fused-ring (bicyclic) bond motifs is 1. The van der Waals surface area contributed by atoms with Gasteiger partial charge in [-0.2, -0.15) is 5.10 Å². The van der Waals surface area contributed by atoms with Gasteiger partial charge in [0.25, 0.3) is 0 Å². The summed E-state index contributed by atoms with van der Waals surface area (Å²) in [5, 5.41) is 7.98. The van der Waals surface area contributed by atoms with Crippen LogP contribution >= 0.6 is 0 Å². The molecule has 0 amide bonds. The summed E-state index contributed by atoms with van der Waals surface area (Å²) in [6.07, 6.45) is 6.39. The molecule has 0 atom stereocenters. The van der Waals surface area contributed by atoms with Crippen molar-refractivity contribution in [2.24, 2.45) is 0 Å². The van der Waals surface area contributed by atoms with Crippen molar-refractivity contribution in [3.05, 3.63) is 137 Å². The lowest BCUT2D eigenvalue weighted by atomic mass is 9.69. The van der Waals surface area contributed by atoms with Gasteiger partial charge in [0.2, 0.25) is 0 Å². The second-order valence-electron chi connectivity index (χ2n) is 8.84. The lowest BCUT2D eigenvalue weighted by Gasteiger charge is -2.34. The zero-order valence-electron chi connectivity index (χ0n) is 19.0. The number of aromatic nitrogens is 4. The molecule has 4 nitrogen and oxygen atoms in total. The van der Waals surface area contributed by atoms with Gasteiger partial charge in [0.1, 0.15) is 11.1 Å². The van der Waals surface area contributed by atoms with E-state index in [1.54, 1.807) is 0 Å². The van der Waals surface area contributed by atoms with Gasteiger partial charge in [0, 0.05) is 17.5 Å². The molecular formula is C30H26N4. The maximum atomic E-state index is 5.30. The number of nitrogens with one attached hydrogen (secondary N) is 1. The van der Waals surface area contributed by atoms with Crippen molar-refractivity contribution in [1.82, 2.24) is 20.2 Å². The van der Waals surface area contributed by atoms with E-state index in [2.05, 4.69) is 96.1 Å². The highest BCUT2D eigenvalue weighted by atomic mass is 15.1. The first-order chi connectivity index (χ1) is 16.9. The van der Waals surface area contributed by atoms with Crippen LogP contribution in [0, 0.1) is 0 Å². The van der Waals surface area contributed by atoms with Gasteiger partial charge in [-0.25, -0.2) is 4.98 Å². The summed E-state index contributed by atoms with van der Waals surface area (Å²) in [6.45, 7) is 0. The molecule has 0 aliphatic heterocycles. The number of aromatic amines is 1. The zero-order chi connectivity index (χ0) is 22.8. The quantitative estimate of drug-likeness (QED) is 0.356. The summed E-state index contributed by atoms with van der Waals surface area (Å²) >= 11 is 0. The van der Waals surface area contributed by atoms with E-state index in [-0.39, 0.29) is 0 Å². The predicted octanol–water partition coefficient (Wildman–Crippen LogP) is 6.13. The van der Waals surface area contributed by atoms with Crippen LogP contribution in [0.25, 0.3) is 11.4 Å². The van der Waals surface area contributed by atoms with Gasteiger partial charge in [0.05, 0.1) is 17.1 Å². The Bertz CT molecular complexity index is 1300. The van der Waals surface area contributed by atoms with Crippen LogP contribution in [-0.4, -0.2) is 20.2 Å². The van der Waals surface area contributed by atoms with Gasteiger partial charge in [-0.05, 0) is 61.1 Å². The Morgan fingerprint density at radius 1 is 0.647 bits per heavy atom. The highest BCUT2D eigenvalue weighted by molar-refractivity contribution is 5.63. The third-order valence-corrected chi connectivity index (χ3v) is 6.89. The van der Waals surface area contributed by atoms with E-state index in [9.17, 15) is 0 Å². The minimum absolute atomic E-state index is 0.657. The van der Waals surface area contributed by atoms with E-state index in [1.165, 1.54) is 24.1 Å². The number of aryl methyl sites for hydroxylation is 1. The van der Waals surface area contributed by atoms with Gasteiger partial charge in [-0.1, -0.05) is 72.8 Å². The number of hydrogen-bond acceptors (Lipinski definition) is 3. The highest BCUT2D eigenvalue weighted by Crippen LogP contribution is 2.44. The Hall–Kier alpha value is -4.05. The highest BCUT2D eigenvalue weighted by Gasteiger charge is 2.41. The smallest absolute Gasteiger partial charge is 0.114 e. The molecule has 166 valence electrons. The molecule has 0 radical (unpaired) electrons. The van der Waals surface area contributed by atoms with E-state index in [4.69, 9.17) is 15.1 Å². The predicted molar refractivity (Wildman–Crippen MR) is 135 cm³/mol. The van der Waals surface area contributed by atoms with Crippen LogP contribution in [0.5, 0.6) is 0 Å². The average Bonchev–Trinajstić information content (AvgIpc) is 3.36. The molecule has 3 aromatic heterocycles. The monoisotopic (exact) mass is 442 g/mol. The Kier molecular flexibility index (Phi) is 5.27. The number of nitrogens with zero attached hydrogens (tertiary/aromatic N) is 3. The summed E-state index contributed by atoms with van der Waals surface area (Å²) in [5.41, 5.74) is 7.96. The second-order valence-corrected chi connectivity index (χ2v) is 8.84. The fourth-order valence-electron chi connectivity index (χ4n) is 5.32. The molecule has 1 aliphatic rings. The molecule has 1 N–H and O–H groups in total. The molecule has 0 fully saturated rings. The minimum atomic E-state index is -0.657. The molecule has 0 saturated heterocycles. The summed E-state index contributed by atoms with van der Waals surface area (Å²) in [7, 11) is 0. The standard InChI is InChI=1S/C30H26N4/c1-3-12-22(13-4-1)30(23-14-5-2-6-15-23,27-19-9-10-21-31-27)28-20-11-18-26(32-28)29-24-16-7-8-17-25(24)33-34-29/h1-6,9-15,18-21H,7-8,16-17H2,(H,33,34). The van der Waals surface area contributed by atoms with Crippen LogP contribution in [0.3, 0.4) is 0 Å². The molecule has 0 bridgehead atoms. The molecule has 1 aliphatic carbocycles. The zero-order valence-corrected chi connectivity index (χ0v) is 19.0. The number of hydrogen-bond donors (Lipinski definition) is 1. The van der Waals surface area contributed by atoms with Crippen molar-refractivity contribution in [3.63, 3.8) is 0 Å². The normalized spacial score (nSPS) is 13.4. The van der Waals surface area contributed by atoms with Crippen LogP contribution in [0.1, 0.15) is 46.6 Å². The number of H-pyrrole nitrogens is 1. The fraction of sp³-hybridized carbons (Fsp3) is 0.167. The van der Waals surface area contributed by atoms with Crippen LogP contribution in [0.15, 0.2) is 103 Å². The summed E-state index contributed by atoms with van der Waals surface area (Å²) in [4.78, 5) is 10.2. The Morgan fingerprint density at radius 3 is 2.03 bits per heavy atom. The SMILES string of the molecule is c1ccc(C(c2ccccc2)(c2ccccn2)c2cccc(-c3n[nH]c4c3CCCC4)n2)cc1. The Morgan fingerprint density at radius 2 is 1.32 bits per heavy atom. The van der Waals surface area contributed by atoms with Gasteiger partial charge < -0.3 is 0 Å². The van der Waals surface area contributed by atoms with Crippen LogP contribution < -0.4 is 0 Å². The molecule has 2 aromatic carbocycles. The molecule has 4 heteroatoms. The van der Waals surface area contributed by atoms with Crippen molar-refractivity contribution in [2.75, 3.05) is 0 Å². The summed E-state index contributed by atoms with van der Waals surface area (Å²) in [5.74, 6) is 0. The van der Waals surface area contributed by atoms with Crippen molar-refractivity contribution in [2.45, 2.75) is 31.1 Å². The molecule has 0 unspecified atom stereocenters. The number of benzene rings is 2. The third-order valence-electron chi connectivity index (χ3n) is 6.89. The molecule has 5 aromatic rings. The van der Waals surface area contributed by atoms with Crippen LogP contribution in [0.2, 0.25) is 0 Å². The fourth-order valence-corrected chi connectivity index (χ4v) is 5.32. The van der Waals surface area contributed by atoms with Gasteiger partial charge in [-0.3, -0.25) is 10.1 Å². The van der Waals surface area contributed by atoms with Crippen LogP contribution in [-0.2, 0) is 18.3 Å². The maximum Gasteiger partial charge on any atom is 0.114 e. The topological polar surface area (TPSA) is 54.5 Å².